The van der Waals surface area contributed by atoms with Crippen LogP contribution in [0.25, 0.3) is 0 Å². The van der Waals surface area contributed by atoms with Crippen molar-refractivity contribution in [2.75, 3.05) is 10.6 Å². The third-order valence-corrected chi connectivity index (χ3v) is 3.10. The summed E-state index contributed by atoms with van der Waals surface area (Å²) in [6, 6.07) is 8.78. The van der Waals surface area contributed by atoms with Gasteiger partial charge in [-0.15, -0.1) is 0 Å². The number of aromatic nitrogens is 1. The van der Waals surface area contributed by atoms with Crippen molar-refractivity contribution >= 4 is 17.3 Å². The number of halogens is 1. The molecule has 0 aliphatic carbocycles. The lowest BCUT2D eigenvalue weighted by atomic mass is 10.1. The van der Waals surface area contributed by atoms with Crippen LogP contribution < -0.4 is 10.6 Å². The van der Waals surface area contributed by atoms with Crippen molar-refractivity contribution in [2.24, 2.45) is 0 Å². The van der Waals surface area contributed by atoms with Crippen LogP contribution in [0.15, 0.2) is 42.7 Å². The second-order valence-corrected chi connectivity index (χ2v) is 4.78. The molecule has 0 bridgehead atoms. The van der Waals surface area contributed by atoms with Gasteiger partial charge in [0, 0.05) is 24.0 Å². The second kappa shape index (κ2) is 6.83. The maximum atomic E-state index is 13.1. The Labute approximate surface area is 123 Å². The molecule has 0 spiro atoms. The molecule has 0 aliphatic heterocycles. The predicted molar refractivity (Wildman–Crippen MR) is 81.6 cm³/mol. The molecule has 0 aliphatic rings. The fourth-order valence-electron chi connectivity index (χ4n) is 1.90. The van der Waals surface area contributed by atoms with Crippen LogP contribution in [0, 0.1) is 5.82 Å². The molecule has 0 fully saturated rings. The van der Waals surface area contributed by atoms with E-state index in [1.165, 1.54) is 12.3 Å². The van der Waals surface area contributed by atoms with E-state index in [1.807, 2.05) is 31.2 Å². The summed E-state index contributed by atoms with van der Waals surface area (Å²) in [6.07, 6.45) is 3.27. The van der Waals surface area contributed by atoms with E-state index >= 15 is 0 Å². The average molecular weight is 287 g/mol. The maximum Gasteiger partial charge on any atom is 0.224 e. The summed E-state index contributed by atoms with van der Waals surface area (Å²) < 4.78 is 13.1. The fraction of sp³-hybridized carbons (Fsp3) is 0.250. The summed E-state index contributed by atoms with van der Waals surface area (Å²) >= 11 is 0. The van der Waals surface area contributed by atoms with Crippen LogP contribution in [-0.4, -0.2) is 10.9 Å². The van der Waals surface area contributed by atoms with E-state index in [0.717, 1.165) is 16.9 Å². The van der Waals surface area contributed by atoms with Crippen molar-refractivity contribution in [3.63, 3.8) is 0 Å². The Balaban J connectivity index is 2.01. The second-order valence-electron chi connectivity index (χ2n) is 4.78. The summed E-state index contributed by atoms with van der Waals surface area (Å²) in [5.41, 5.74) is 2.42. The van der Waals surface area contributed by atoms with Crippen LogP contribution in [0.1, 0.15) is 31.9 Å². The average Bonchev–Trinajstić information content (AvgIpc) is 2.49. The van der Waals surface area contributed by atoms with Gasteiger partial charge in [0.1, 0.15) is 5.82 Å². The van der Waals surface area contributed by atoms with Gasteiger partial charge in [-0.2, -0.15) is 0 Å². The molecule has 4 nitrogen and oxygen atoms in total. The van der Waals surface area contributed by atoms with Crippen LogP contribution in [-0.2, 0) is 4.79 Å². The highest BCUT2D eigenvalue weighted by Gasteiger charge is 2.07. The molecule has 1 aromatic carbocycles. The number of pyridine rings is 1. The molecule has 110 valence electrons. The first-order chi connectivity index (χ1) is 10.1. The van der Waals surface area contributed by atoms with E-state index in [4.69, 9.17) is 0 Å². The van der Waals surface area contributed by atoms with E-state index in [-0.39, 0.29) is 17.8 Å². The SMILES string of the molecule is CCC(=O)Nc1ccc(NC(C)c2cncc(F)c2)cc1. The van der Waals surface area contributed by atoms with Gasteiger partial charge in [-0.3, -0.25) is 9.78 Å². The zero-order chi connectivity index (χ0) is 15.2. The maximum absolute atomic E-state index is 13.1. The number of carbonyl (C=O) groups excluding carboxylic acids is 1. The van der Waals surface area contributed by atoms with Gasteiger partial charge in [-0.1, -0.05) is 6.92 Å². The normalized spacial score (nSPS) is 11.8. The molecule has 1 aromatic heterocycles. The van der Waals surface area contributed by atoms with Gasteiger partial charge in [0.25, 0.3) is 0 Å². The Morgan fingerprint density at radius 3 is 2.52 bits per heavy atom. The monoisotopic (exact) mass is 287 g/mol. The van der Waals surface area contributed by atoms with Gasteiger partial charge in [0.05, 0.1) is 12.2 Å². The molecule has 0 radical (unpaired) electrons. The molecule has 0 saturated carbocycles. The third kappa shape index (κ3) is 4.27. The Morgan fingerprint density at radius 2 is 1.90 bits per heavy atom. The molecular formula is C16H18FN3O. The lowest BCUT2D eigenvalue weighted by Gasteiger charge is -2.15. The Bertz CT molecular complexity index is 613. The third-order valence-electron chi connectivity index (χ3n) is 3.10. The zero-order valence-corrected chi connectivity index (χ0v) is 12.1. The van der Waals surface area contributed by atoms with E-state index in [9.17, 15) is 9.18 Å². The lowest BCUT2D eigenvalue weighted by molar-refractivity contribution is -0.115. The minimum absolute atomic E-state index is 0.0186. The molecule has 2 aromatic rings. The molecule has 0 saturated heterocycles. The summed E-state index contributed by atoms with van der Waals surface area (Å²) in [6.45, 7) is 3.74. The van der Waals surface area contributed by atoms with Crippen LogP contribution in [0.2, 0.25) is 0 Å². The van der Waals surface area contributed by atoms with Crippen molar-refractivity contribution in [3.05, 3.63) is 54.1 Å². The van der Waals surface area contributed by atoms with Crippen molar-refractivity contribution in [1.82, 2.24) is 4.98 Å². The summed E-state index contributed by atoms with van der Waals surface area (Å²) in [4.78, 5) is 15.1. The number of hydrogen-bond donors (Lipinski definition) is 2. The number of nitrogens with zero attached hydrogens (tertiary/aromatic N) is 1. The highest BCUT2D eigenvalue weighted by molar-refractivity contribution is 5.90. The molecule has 1 atom stereocenters. The van der Waals surface area contributed by atoms with E-state index in [1.54, 1.807) is 13.1 Å². The van der Waals surface area contributed by atoms with Crippen molar-refractivity contribution in [3.8, 4) is 0 Å². The van der Waals surface area contributed by atoms with Crippen molar-refractivity contribution < 1.29 is 9.18 Å². The van der Waals surface area contributed by atoms with Crippen LogP contribution in [0.4, 0.5) is 15.8 Å². The number of nitrogens with one attached hydrogen (secondary N) is 2. The topological polar surface area (TPSA) is 54.0 Å². The Hall–Kier alpha value is -2.43. The number of anilines is 2. The zero-order valence-electron chi connectivity index (χ0n) is 12.1. The Morgan fingerprint density at radius 1 is 1.24 bits per heavy atom. The number of amides is 1. The largest absolute Gasteiger partial charge is 0.378 e. The molecular weight excluding hydrogens is 269 g/mol. The first-order valence-corrected chi connectivity index (χ1v) is 6.85. The van der Waals surface area contributed by atoms with Crippen LogP contribution >= 0.6 is 0 Å². The van der Waals surface area contributed by atoms with Gasteiger partial charge in [-0.05, 0) is 42.8 Å². The number of rotatable bonds is 5. The van der Waals surface area contributed by atoms with Crippen molar-refractivity contribution in [1.29, 1.82) is 0 Å². The van der Waals surface area contributed by atoms with Gasteiger partial charge in [-0.25, -0.2) is 4.39 Å². The first kappa shape index (κ1) is 15.0. The molecule has 2 rings (SSSR count). The highest BCUT2D eigenvalue weighted by atomic mass is 19.1. The molecule has 1 amide bonds. The van der Waals surface area contributed by atoms with Gasteiger partial charge in [0.15, 0.2) is 0 Å². The van der Waals surface area contributed by atoms with E-state index in [2.05, 4.69) is 15.6 Å². The van der Waals surface area contributed by atoms with E-state index in [0.29, 0.717) is 6.42 Å². The molecule has 2 N–H and O–H groups in total. The number of carbonyl (C=O) groups is 1. The minimum Gasteiger partial charge on any atom is -0.378 e. The Kier molecular flexibility index (Phi) is 4.87. The van der Waals surface area contributed by atoms with Crippen LogP contribution in [0.5, 0.6) is 0 Å². The summed E-state index contributed by atoms with van der Waals surface area (Å²) in [7, 11) is 0. The standard InChI is InChI=1S/C16H18FN3O/c1-3-16(21)20-15-6-4-14(5-7-15)19-11(2)12-8-13(17)10-18-9-12/h4-11,19H,3H2,1-2H3,(H,20,21). The first-order valence-electron chi connectivity index (χ1n) is 6.85. The number of hydrogen-bond acceptors (Lipinski definition) is 3. The lowest BCUT2D eigenvalue weighted by Crippen LogP contribution is -2.10. The van der Waals surface area contributed by atoms with Gasteiger partial charge >= 0.3 is 0 Å². The summed E-state index contributed by atoms with van der Waals surface area (Å²) in [5, 5.41) is 6.05. The molecule has 5 heteroatoms. The predicted octanol–water partition coefficient (Wildman–Crippen LogP) is 3.74. The van der Waals surface area contributed by atoms with E-state index < -0.39 is 0 Å². The molecule has 1 unspecified atom stereocenters. The minimum atomic E-state index is -0.348. The van der Waals surface area contributed by atoms with Crippen molar-refractivity contribution in [2.45, 2.75) is 26.3 Å². The van der Waals surface area contributed by atoms with Gasteiger partial charge < -0.3 is 10.6 Å². The van der Waals surface area contributed by atoms with Crippen LogP contribution in [0.3, 0.4) is 0 Å². The fourth-order valence-corrected chi connectivity index (χ4v) is 1.90. The smallest absolute Gasteiger partial charge is 0.224 e. The highest BCUT2D eigenvalue weighted by Crippen LogP contribution is 2.20. The molecule has 1 heterocycles. The summed E-state index contributed by atoms with van der Waals surface area (Å²) in [5.74, 6) is -0.367. The quantitative estimate of drug-likeness (QED) is 0.880. The molecule has 21 heavy (non-hydrogen) atoms. The van der Waals surface area contributed by atoms with Gasteiger partial charge in [0.2, 0.25) is 5.91 Å². The number of benzene rings is 1.